The number of nitrogens with one attached hydrogen (secondary N) is 1. The molecule has 5 unspecified atom stereocenters. The molecule has 3 heterocycles. The summed E-state index contributed by atoms with van der Waals surface area (Å²) in [6.07, 6.45) is 3.87. The number of epoxide rings is 1. The molecular weight excluding hydrogens is 484 g/mol. The number of fused-ring (bicyclic) bond motifs is 5. The van der Waals surface area contributed by atoms with Crippen molar-refractivity contribution in [2.45, 2.75) is 83.0 Å². The smallest absolute Gasteiger partial charge is 0.409 e. The van der Waals surface area contributed by atoms with E-state index in [2.05, 4.69) is 5.32 Å². The number of rotatable bonds is 0. The van der Waals surface area contributed by atoms with E-state index in [1.165, 1.54) is 4.90 Å². The van der Waals surface area contributed by atoms with Crippen molar-refractivity contribution >= 4 is 29.3 Å². The fourth-order valence-corrected chi connectivity index (χ4v) is 5.29. The number of aliphatic hydroxyl groups is 2. The van der Waals surface area contributed by atoms with E-state index in [0.717, 1.165) is 16.7 Å². The van der Waals surface area contributed by atoms with Crippen molar-refractivity contribution < 1.29 is 29.3 Å². The fraction of sp³-hybridized carbons (Fsp3) is 0.556. The number of carbonyl (C=O) groups is 2. The Balaban J connectivity index is 1.68. The number of halogens is 1. The Hall–Kier alpha value is -2.39. The zero-order chi connectivity index (χ0) is 26.4. The number of ether oxygens (including phenoxy) is 2. The molecule has 3 aliphatic heterocycles. The second-order valence-corrected chi connectivity index (χ2v) is 11.0. The second-order valence-electron chi connectivity index (χ2n) is 10.6. The first kappa shape index (κ1) is 26.7. The number of allylic oxidation sites excluding steroid dienone is 3. The lowest BCUT2D eigenvalue weighted by atomic mass is 9.87. The number of nitrogens with zero attached hydrogens (tertiary/aromatic N) is 1. The molecule has 0 radical (unpaired) electrons. The molecule has 1 aromatic rings. The van der Waals surface area contributed by atoms with E-state index >= 15 is 0 Å². The quantitative estimate of drug-likeness (QED) is 0.450. The van der Waals surface area contributed by atoms with Gasteiger partial charge in [0.25, 0.3) is 0 Å². The molecule has 6 atom stereocenters. The number of carbonyl (C=O) groups excluding carboxylic acids is 2. The van der Waals surface area contributed by atoms with Crippen molar-refractivity contribution in [2.75, 3.05) is 11.9 Å². The van der Waals surface area contributed by atoms with Gasteiger partial charge in [0.2, 0.25) is 5.91 Å². The highest BCUT2D eigenvalue weighted by Crippen LogP contribution is 2.45. The maximum absolute atomic E-state index is 13.1. The van der Waals surface area contributed by atoms with E-state index < -0.39 is 35.7 Å². The summed E-state index contributed by atoms with van der Waals surface area (Å²) in [6.45, 7) is 7.48. The molecule has 3 N–H and O–H groups in total. The molecule has 4 rings (SSSR count). The number of hydrogen-bond donors (Lipinski definition) is 3. The SMILES string of the molecule is C/C1=C\C=C\C(C)[C@@]2(O)CC(CC3OC3(C)C(O)CC(=O)N(C)c3cc(cc(C)c3Cl)C1)OC(=O)N2. The summed E-state index contributed by atoms with van der Waals surface area (Å²) in [4.78, 5) is 26.8. The third-order valence-corrected chi connectivity index (χ3v) is 8.16. The Kier molecular flexibility index (Phi) is 7.27. The first-order valence-corrected chi connectivity index (χ1v) is 12.7. The van der Waals surface area contributed by atoms with Crippen molar-refractivity contribution in [3.05, 3.63) is 52.1 Å². The monoisotopic (exact) mass is 518 g/mol. The average molecular weight is 519 g/mol. The zero-order valence-corrected chi connectivity index (χ0v) is 22.1. The van der Waals surface area contributed by atoms with Crippen molar-refractivity contribution in [1.29, 1.82) is 0 Å². The summed E-state index contributed by atoms with van der Waals surface area (Å²) >= 11 is 6.57. The van der Waals surface area contributed by atoms with Crippen LogP contribution in [0.15, 0.2) is 35.9 Å². The minimum absolute atomic E-state index is 0.154. The van der Waals surface area contributed by atoms with Crippen LogP contribution in [-0.4, -0.2) is 58.9 Å². The van der Waals surface area contributed by atoms with Crippen LogP contribution in [0, 0.1) is 12.8 Å². The first-order chi connectivity index (χ1) is 16.8. The van der Waals surface area contributed by atoms with E-state index in [1.54, 1.807) is 14.0 Å². The highest BCUT2D eigenvalue weighted by molar-refractivity contribution is 6.34. The highest BCUT2D eigenvalue weighted by Gasteiger charge is 2.59. The third-order valence-electron chi connectivity index (χ3n) is 7.66. The summed E-state index contributed by atoms with van der Waals surface area (Å²) in [5, 5.41) is 25.2. The van der Waals surface area contributed by atoms with Crippen LogP contribution >= 0.6 is 11.6 Å². The van der Waals surface area contributed by atoms with Crippen LogP contribution in [0.3, 0.4) is 0 Å². The van der Waals surface area contributed by atoms with Gasteiger partial charge in [0, 0.05) is 25.8 Å². The molecule has 0 saturated carbocycles. The van der Waals surface area contributed by atoms with Crippen molar-refractivity contribution in [3.63, 3.8) is 0 Å². The fourth-order valence-electron chi connectivity index (χ4n) is 5.05. The maximum Gasteiger partial charge on any atom is 0.409 e. The summed E-state index contributed by atoms with van der Waals surface area (Å²) in [5.41, 5.74) is 1.08. The number of anilines is 1. The normalized spacial score (nSPS) is 37.8. The lowest BCUT2D eigenvalue weighted by molar-refractivity contribution is -0.121. The topological polar surface area (TPSA) is 112 Å². The summed E-state index contributed by atoms with van der Waals surface area (Å²) in [7, 11) is 1.65. The van der Waals surface area contributed by atoms with Crippen LogP contribution in [0.1, 0.15) is 51.2 Å². The summed E-state index contributed by atoms with van der Waals surface area (Å²) in [6, 6.07) is 3.89. The van der Waals surface area contributed by atoms with Gasteiger partial charge in [-0.3, -0.25) is 10.1 Å². The highest BCUT2D eigenvalue weighted by atomic mass is 35.5. The molecule has 0 aliphatic carbocycles. The van der Waals surface area contributed by atoms with Gasteiger partial charge in [-0.25, -0.2) is 4.79 Å². The molecule has 0 aromatic heterocycles. The lowest BCUT2D eigenvalue weighted by Crippen LogP contribution is -2.59. The lowest BCUT2D eigenvalue weighted by Gasteiger charge is -2.40. The van der Waals surface area contributed by atoms with Gasteiger partial charge in [-0.1, -0.05) is 48.4 Å². The van der Waals surface area contributed by atoms with Crippen molar-refractivity contribution in [1.82, 2.24) is 5.32 Å². The number of alkyl carbamates (subject to hydrolysis) is 1. The molecular formula is C27H35ClN2O6. The van der Waals surface area contributed by atoms with Crippen LogP contribution in [0.2, 0.25) is 5.02 Å². The predicted octanol–water partition coefficient (Wildman–Crippen LogP) is 3.79. The van der Waals surface area contributed by atoms with Gasteiger partial charge in [0.15, 0.2) is 0 Å². The van der Waals surface area contributed by atoms with Gasteiger partial charge in [-0.05, 0) is 44.4 Å². The molecule has 2 saturated heterocycles. The molecule has 8 nitrogen and oxygen atoms in total. The van der Waals surface area contributed by atoms with Crippen LogP contribution in [-0.2, 0) is 20.7 Å². The molecule has 2 amide bonds. The van der Waals surface area contributed by atoms with Gasteiger partial charge in [0.05, 0.1) is 29.3 Å². The first-order valence-electron chi connectivity index (χ1n) is 12.3. The van der Waals surface area contributed by atoms with Gasteiger partial charge < -0.3 is 24.6 Å². The maximum atomic E-state index is 13.1. The Morgan fingerprint density at radius 1 is 1.25 bits per heavy atom. The minimum Gasteiger partial charge on any atom is -0.446 e. The van der Waals surface area contributed by atoms with Crippen LogP contribution in [0.5, 0.6) is 0 Å². The molecule has 4 bridgehead atoms. The number of aryl methyl sites for hydroxylation is 1. The number of aliphatic hydroxyl groups excluding tert-OH is 1. The van der Waals surface area contributed by atoms with Crippen molar-refractivity contribution in [2.24, 2.45) is 5.92 Å². The number of hydrogen-bond acceptors (Lipinski definition) is 6. The Bertz CT molecular complexity index is 1120. The molecule has 2 fully saturated rings. The molecule has 3 aliphatic rings. The van der Waals surface area contributed by atoms with E-state index in [-0.39, 0.29) is 24.7 Å². The molecule has 0 spiro atoms. The Morgan fingerprint density at radius 2 is 1.97 bits per heavy atom. The van der Waals surface area contributed by atoms with Crippen LogP contribution in [0.25, 0.3) is 0 Å². The predicted molar refractivity (Wildman–Crippen MR) is 137 cm³/mol. The summed E-state index contributed by atoms with van der Waals surface area (Å²) in [5.74, 6) is -0.673. The Labute approximate surface area is 216 Å². The zero-order valence-electron chi connectivity index (χ0n) is 21.4. The Morgan fingerprint density at radius 3 is 2.69 bits per heavy atom. The van der Waals surface area contributed by atoms with E-state index in [1.807, 2.05) is 51.1 Å². The second kappa shape index (κ2) is 9.82. The number of benzene rings is 1. The van der Waals surface area contributed by atoms with Crippen LogP contribution in [0.4, 0.5) is 10.5 Å². The minimum atomic E-state index is -1.48. The van der Waals surface area contributed by atoms with E-state index in [9.17, 15) is 19.8 Å². The molecule has 9 heteroatoms. The largest absolute Gasteiger partial charge is 0.446 e. The average Bonchev–Trinajstić information content (AvgIpc) is 3.44. The molecule has 1 aromatic carbocycles. The van der Waals surface area contributed by atoms with Gasteiger partial charge >= 0.3 is 6.09 Å². The number of amides is 2. The molecule has 196 valence electrons. The third kappa shape index (κ3) is 5.32. The molecule has 36 heavy (non-hydrogen) atoms. The summed E-state index contributed by atoms with van der Waals surface area (Å²) < 4.78 is 11.2. The van der Waals surface area contributed by atoms with E-state index in [4.69, 9.17) is 21.1 Å². The van der Waals surface area contributed by atoms with E-state index in [0.29, 0.717) is 23.6 Å². The van der Waals surface area contributed by atoms with Gasteiger partial charge in [-0.15, -0.1) is 0 Å². The van der Waals surface area contributed by atoms with Crippen molar-refractivity contribution in [3.8, 4) is 0 Å². The van der Waals surface area contributed by atoms with Crippen LogP contribution < -0.4 is 10.2 Å². The standard InChI is InChI=1S/C27H35ClN2O6/c1-15-7-6-8-17(3)27(34)14-19(35-25(33)29-27)12-22-26(4,36-22)21(31)13-23(32)30(5)20-11-18(9-15)10-16(2)24(20)28/h6-8,10-11,17,19,21-22,31,34H,9,12-14H2,1-5H3,(H,29,33)/b8-6+,15-7+/t17?,19?,21?,22?,26?,27-/m0/s1. The van der Waals surface area contributed by atoms with Gasteiger partial charge in [-0.2, -0.15) is 0 Å². The van der Waals surface area contributed by atoms with Gasteiger partial charge in [0.1, 0.15) is 17.4 Å².